The zero-order valence-electron chi connectivity index (χ0n) is 19.9. The van der Waals surface area contributed by atoms with Gasteiger partial charge in [0.05, 0.1) is 4.90 Å². The summed E-state index contributed by atoms with van der Waals surface area (Å²) in [4.78, 5) is 28.8. The summed E-state index contributed by atoms with van der Waals surface area (Å²) in [7, 11) is -3.62. The van der Waals surface area contributed by atoms with Gasteiger partial charge in [-0.3, -0.25) is 9.59 Å². The molecule has 8 heteroatoms. The van der Waals surface area contributed by atoms with Crippen LogP contribution in [0.5, 0.6) is 0 Å². The van der Waals surface area contributed by atoms with Gasteiger partial charge in [0.15, 0.2) is 0 Å². The first-order valence-electron chi connectivity index (χ1n) is 12.5. The van der Waals surface area contributed by atoms with E-state index in [1.165, 1.54) is 19.8 Å². The molecular formula is C25H37N3O4S. The standard InChI is InChI=1S/C25H37N3O4S/c1-18-15-22-16-23(11-12-24(22)28(18)19(2)29)33(31,32)26-17-20-7-9-21(10-8-20)25(30)27-13-5-3-4-6-14-27/h11-12,16,18,20-21,26H,3-10,13-15,17H2,1-2H3/t18-,20?,21?/m0/s1. The Morgan fingerprint density at radius 1 is 1.03 bits per heavy atom. The van der Waals surface area contributed by atoms with Crippen molar-refractivity contribution < 1.29 is 18.0 Å². The second-order valence-corrected chi connectivity index (χ2v) is 11.8. The van der Waals surface area contributed by atoms with Crippen LogP contribution < -0.4 is 9.62 Å². The summed E-state index contributed by atoms with van der Waals surface area (Å²) in [5.74, 6) is 0.636. The van der Waals surface area contributed by atoms with Gasteiger partial charge in [-0.1, -0.05) is 12.8 Å². The van der Waals surface area contributed by atoms with Crippen molar-refractivity contribution in [3.63, 3.8) is 0 Å². The van der Waals surface area contributed by atoms with Crippen LogP contribution in [0.1, 0.15) is 70.8 Å². The molecule has 182 valence electrons. The van der Waals surface area contributed by atoms with Crippen LogP contribution in [0.2, 0.25) is 0 Å². The molecule has 2 fully saturated rings. The van der Waals surface area contributed by atoms with Crippen molar-refractivity contribution in [2.75, 3.05) is 24.5 Å². The molecule has 33 heavy (non-hydrogen) atoms. The largest absolute Gasteiger partial charge is 0.342 e. The third-order valence-corrected chi connectivity index (χ3v) is 9.01. The number of amides is 2. The number of carbonyl (C=O) groups is 2. The number of nitrogens with one attached hydrogen (secondary N) is 1. The van der Waals surface area contributed by atoms with E-state index in [0.29, 0.717) is 18.9 Å². The van der Waals surface area contributed by atoms with Gasteiger partial charge < -0.3 is 9.80 Å². The second kappa shape index (κ2) is 10.1. The van der Waals surface area contributed by atoms with Crippen molar-refractivity contribution in [3.8, 4) is 0 Å². The lowest BCUT2D eigenvalue weighted by Crippen LogP contribution is -2.39. The molecule has 1 saturated carbocycles. The molecule has 2 amide bonds. The van der Waals surface area contributed by atoms with Crippen molar-refractivity contribution in [2.45, 2.75) is 82.6 Å². The van der Waals surface area contributed by atoms with E-state index in [4.69, 9.17) is 0 Å². The third kappa shape index (κ3) is 5.43. The Balaban J connectivity index is 1.30. The molecule has 4 rings (SSSR count). The Morgan fingerprint density at radius 3 is 2.33 bits per heavy atom. The number of benzene rings is 1. The van der Waals surface area contributed by atoms with Crippen molar-refractivity contribution >= 4 is 27.5 Å². The van der Waals surface area contributed by atoms with Crippen molar-refractivity contribution in [2.24, 2.45) is 11.8 Å². The Hall–Kier alpha value is -1.93. The zero-order chi connectivity index (χ0) is 23.6. The fraction of sp³-hybridized carbons (Fsp3) is 0.680. The monoisotopic (exact) mass is 475 g/mol. The van der Waals surface area contributed by atoms with Crippen LogP contribution in [0.4, 0.5) is 5.69 Å². The maximum absolute atomic E-state index is 12.9. The van der Waals surface area contributed by atoms with Crippen LogP contribution in [0.15, 0.2) is 23.1 Å². The van der Waals surface area contributed by atoms with Crippen LogP contribution in [0, 0.1) is 11.8 Å². The Bertz CT molecular complexity index is 977. The Labute approximate surface area is 198 Å². The predicted molar refractivity (Wildman–Crippen MR) is 128 cm³/mol. The van der Waals surface area contributed by atoms with E-state index in [1.54, 1.807) is 23.1 Å². The molecule has 7 nitrogen and oxygen atoms in total. The lowest BCUT2D eigenvalue weighted by molar-refractivity contribution is -0.136. The molecule has 0 radical (unpaired) electrons. The fourth-order valence-corrected chi connectivity index (χ4v) is 6.89. The fourth-order valence-electron chi connectivity index (χ4n) is 5.73. The van der Waals surface area contributed by atoms with E-state index < -0.39 is 10.0 Å². The quantitative estimate of drug-likeness (QED) is 0.706. The van der Waals surface area contributed by atoms with Gasteiger partial charge in [0.2, 0.25) is 21.8 Å². The van der Waals surface area contributed by atoms with Crippen LogP contribution in [0.3, 0.4) is 0 Å². The number of rotatable bonds is 5. The number of hydrogen-bond acceptors (Lipinski definition) is 4. The highest BCUT2D eigenvalue weighted by atomic mass is 32.2. The first kappa shape index (κ1) is 24.2. The minimum Gasteiger partial charge on any atom is -0.342 e. The van der Waals surface area contributed by atoms with E-state index in [2.05, 4.69) is 9.62 Å². The number of hydrogen-bond donors (Lipinski definition) is 1. The van der Waals surface area contributed by atoms with Gasteiger partial charge in [0, 0.05) is 44.2 Å². The first-order valence-corrected chi connectivity index (χ1v) is 14.0. The molecule has 1 saturated heterocycles. The SMILES string of the molecule is CC(=O)N1c2ccc(S(=O)(=O)NCC3CCC(C(=O)N4CCCCCC4)CC3)cc2C[C@@H]1C. The zero-order valence-corrected chi connectivity index (χ0v) is 20.7. The lowest BCUT2D eigenvalue weighted by atomic mass is 9.81. The second-order valence-electron chi connectivity index (χ2n) is 10.0. The maximum atomic E-state index is 12.9. The van der Waals surface area contributed by atoms with Crippen molar-refractivity contribution in [3.05, 3.63) is 23.8 Å². The van der Waals surface area contributed by atoms with Gasteiger partial charge in [0.1, 0.15) is 0 Å². The molecule has 0 bridgehead atoms. The van der Waals surface area contributed by atoms with Gasteiger partial charge in [0.25, 0.3) is 0 Å². The summed E-state index contributed by atoms with van der Waals surface area (Å²) in [5, 5.41) is 0. The van der Waals surface area contributed by atoms with Crippen LogP contribution in [-0.4, -0.2) is 50.8 Å². The molecular weight excluding hydrogens is 438 g/mol. The summed E-state index contributed by atoms with van der Waals surface area (Å²) < 4.78 is 28.7. The van der Waals surface area contributed by atoms with Gasteiger partial charge in [-0.05, 0) is 81.5 Å². The Morgan fingerprint density at radius 2 is 1.70 bits per heavy atom. The van der Waals surface area contributed by atoms with Crippen LogP contribution >= 0.6 is 0 Å². The molecule has 1 aliphatic carbocycles. The average Bonchev–Trinajstić information content (AvgIpc) is 2.94. The highest BCUT2D eigenvalue weighted by molar-refractivity contribution is 7.89. The molecule has 0 aromatic heterocycles. The number of anilines is 1. The number of likely N-dealkylation sites (tertiary alicyclic amines) is 1. The van der Waals surface area contributed by atoms with E-state index in [0.717, 1.165) is 62.9 Å². The molecule has 1 N–H and O–H groups in total. The predicted octanol–water partition coefficient (Wildman–Crippen LogP) is 3.47. The van der Waals surface area contributed by atoms with E-state index in [-0.39, 0.29) is 28.7 Å². The summed E-state index contributed by atoms with van der Waals surface area (Å²) in [6, 6.07) is 5.07. The molecule has 1 aromatic carbocycles. The summed E-state index contributed by atoms with van der Waals surface area (Å²) in [5.41, 5.74) is 1.70. The van der Waals surface area contributed by atoms with Crippen LogP contribution in [-0.2, 0) is 26.0 Å². The van der Waals surface area contributed by atoms with Crippen LogP contribution in [0.25, 0.3) is 0 Å². The maximum Gasteiger partial charge on any atom is 0.240 e. The number of nitrogens with zero attached hydrogens (tertiary/aromatic N) is 2. The summed E-state index contributed by atoms with van der Waals surface area (Å²) >= 11 is 0. The highest BCUT2D eigenvalue weighted by Gasteiger charge is 2.32. The van der Waals surface area contributed by atoms with Crippen molar-refractivity contribution in [1.82, 2.24) is 9.62 Å². The van der Waals surface area contributed by atoms with E-state index in [9.17, 15) is 18.0 Å². The summed E-state index contributed by atoms with van der Waals surface area (Å²) in [6.45, 7) is 5.69. The minimum absolute atomic E-state index is 0.0279. The minimum atomic E-state index is -3.62. The average molecular weight is 476 g/mol. The number of carbonyl (C=O) groups excluding carboxylic acids is 2. The lowest BCUT2D eigenvalue weighted by Gasteiger charge is -2.31. The molecule has 0 spiro atoms. The molecule has 1 aromatic rings. The topological polar surface area (TPSA) is 86.8 Å². The summed E-state index contributed by atoms with van der Waals surface area (Å²) in [6.07, 6.45) is 8.76. The molecule has 2 heterocycles. The highest BCUT2D eigenvalue weighted by Crippen LogP contribution is 2.34. The third-order valence-electron chi connectivity index (χ3n) is 7.59. The number of fused-ring (bicyclic) bond motifs is 1. The van der Waals surface area contributed by atoms with E-state index in [1.807, 2.05) is 6.92 Å². The molecule has 1 atom stereocenters. The van der Waals surface area contributed by atoms with Crippen molar-refractivity contribution in [1.29, 1.82) is 0 Å². The first-order chi connectivity index (χ1) is 15.8. The molecule has 0 unspecified atom stereocenters. The van der Waals surface area contributed by atoms with Gasteiger partial charge in [-0.15, -0.1) is 0 Å². The van der Waals surface area contributed by atoms with E-state index >= 15 is 0 Å². The number of sulfonamides is 1. The van der Waals surface area contributed by atoms with Gasteiger partial charge in [-0.25, -0.2) is 13.1 Å². The molecule has 2 aliphatic heterocycles. The smallest absolute Gasteiger partial charge is 0.240 e. The van der Waals surface area contributed by atoms with Gasteiger partial charge >= 0.3 is 0 Å². The van der Waals surface area contributed by atoms with Gasteiger partial charge in [-0.2, -0.15) is 0 Å². The molecule has 3 aliphatic rings. The Kier molecular flexibility index (Phi) is 7.43. The normalized spacial score (nSPS) is 26.1.